The van der Waals surface area contributed by atoms with Crippen molar-refractivity contribution in [3.05, 3.63) is 53.6 Å². The second kappa shape index (κ2) is 8.87. The molecule has 0 aliphatic heterocycles. The molecule has 2 aromatic carbocycles. The summed E-state index contributed by atoms with van der Waals surface area (Å²) >= 11 is 0. The summed E-state index contributed by atoms with van der Waals surface area (Å²) in [6.45, 7) is 4.11. The molecule has 0 amide bonds. The number of hydrogen-bond donors (Lipinski definition) is 1. The third-order valence-corrected chi connectivity index (χ3v) is 3.82. The van der Waals surface area contributed by atoms with E-state index in [1.54, 1.807) is 31.2 Å². The molecule has 5 heteroatoms. The first-order chi connectivity index (χ1) is 12.1. The minimum absolute atomic E-state index is 0.290. The molecule has 132 valence electrons. The first-order valence-corrected chi connectivity index (χ1v) is 8.37. The lowest BCUT2D eigenvalue weighted by atomic mass is 9.92. The Morgan fingerprint density at radius 1 is 1.00 bits per heavy atom. The molecule has 0 bridgehead atoms. The Hall–Kier alpha value is -2.82. The molecule has 0 unspecified atom stereocenters. The zero-order valence-electron chi connectivity index (χ0n) is 14.5. The van der Waals surface area contributed by atoms with Crippen LogP contribution in [0.5, 0.6) is 5.75 Å². The van der Waals surface area contributed by atoms with E-state index >= 15 is 0 Å². The van der Waals surface area contributed by atoms with E-state index in [1.807, 2.05) is 18.2 Å². The average molecular weight is 342 g/mol. The molecule has 0 atom stereocenters. The lowest BCUT2D eigenvalue weighted by molar-refractivity contribution is 0.0527. The van der Waals surface area contributed by atoms with Gasteiger partial charge in [0.1, 0.15) is 5.75 Å². The Morgan fingerprint density at radius 2 is 1.72 bits per heavy atom. The Labute approximate surface area is 147 Å². The fourth-order valence-corrected chi connectivity index (χ4v) is 2.72. The van der Waals surface area contributed by atoms with E-state index in [-0.39, 0.29) is 6.61 Å². The fourth-order valence-electron chi connectivity index (χ4n) is 2.72. The number of benzene rings is 2. The number of esters is 1. The van der Waals surface area contributed by atoms with Crippen molar-refractivity contribution in [3.8, 4) is 16.9 Å². The first kappa shape index (κ1) is 18.5. The van der Waals surface area contributed by atoms with Gasteiger partial charge in [0.15, 0.2) is 0 Å². The molecule has 0 fully saturated rings. The number of carboxylic acid groups (broad SMARTS) is 1. The van der Waals surface area contributed by atoms with Crippen molar-refractivity contribution in [1.29, 1.82) is 0 Å². The van der Waals surface area contributed by atoms with Gasteiger partial charge in [0, 0.05) is 5.56 Å². The zero-order chi connectivity index (χ0) is 18.2. The summed E-state index contributed by atoms with van der Waals surface area (Å²) in [5, 5.41) is 8.99. The van der Waals surface area contributed by atoms with Crippen LogP contribution in [0.2, 0.25) is 0 Å². The van der Waals surface area contributed by atoms with E-state index in [1.165, 1.54) is 0 Å². The number of ether oxygens (including phenoxy) is 2. The van der Waals surface area contributed by atoms with Crippen molar-refractivity contribution in [3.63, 3.8) is 0 Å². The van der Waals surface area contributed by atoms with E-state index in [0.717, 1.165) is 24.0 Å². The molecule has 25 heavy (non-hydrogen) atoms. The van der Waals surface area contributed by atoms with Crippen LogP contribution in [0, 0.1) is 0 Å². The van der Waals surface area contributed by atoms with E-state index < -0.39 is 12.1 Å². The standard InChI is InChI=1S/C20H22O5/c1-3-5-9-16-14(12-8-13-18(16)25-20(22)23)15-10-6-7-11-17(15)19(21)24-4-2/h6-8,10-13H,3-5,9H2,1-2H3,(H,22,23). The van der Waals surface area contributed by atoms with Gasteiger partial charge in [-0.2, -0.15) is 0 Å². The molecular formula is C20H22O5. The summed E-state index contributed by atoms with van der Waals surface area (Å²) in [5.41, 5.74) is 2.73. The lowest BCUT2D eigenvalue weighted by Gasteiger charge is -2.16. The van der Waals surface area contributed by atoms with Crippen molar-refractivity contribution in [2.24, 2.45) is 0 Å². The number of unbranched alkanes of at least 4 members (excludes halogenated alkanes) is 1. The molecule has 0 aliphatic rings. The molecule has 0 heterocycles. The summed E-state index contributed by atoms with van der Waals surface area (Å²) in [4.78, 5) is 23.3. The molecule has 0 aliphatic carbocycles. The van der Waals surface area contributed by atoms with Crippen LogP contribution < -0.4 is 4.74 Å². The molecule has 5 nitrogen and oxygen atoms in total. The van der Waals surface area contributed by atoms with Crippen LogP contribution >= 0.6 is 0 Å². The largest absolute Gasteiger partial charge is 0.511 e. The van der Waals surface area contributed by atoms with Gasteiger partial charge in [0.05, 0.1) is 12.2 Å². The monoisotopic (exact) mass is 342 g/mol. The highest BCUT2D eigenvalue weighted by Gasteiger charge is 2.18. The summed E-state index contributed by atoms with van der Waals surface area (Å²) in [6, 6.07) is 12.4. The Morgan fingerprint density at radius 3 is 2.40 bits per heavy atom. The number of carbonyl (C=O) groups is 2. The van der Waals surface area contributed by atoms with Crippen molar-refractivity contribution in [2.45, 2.75) is 33.1 Å². The van der Waals surface area contributed by atoms with Gasteiger partial charge in [-0.25, -0.2) is 9.59 Å². The highest BCUT2D eigenvalue weighted by Crippen LogP contribution is 2.34. The fraction of sp³-hybridized carbons (Fsp3) is 0.300. The van der Waals surface area contributed by atoms with Crippen molar-refractivity contribution >= 4 is 12.1 Å². The van der Waals surface area contributed by atoms with Crippen LogP contribution in [0.15, 0.2) is 42.5 Å². The second-order valence-electron chi connectivity index (χ2n) is 5.52. The first-order valence-electron chi connectivity index (χ1n) is 8.37. The topological polar surface area (TPSA) is 72.8 Å². The van der Waals surface area contributed by atoms with E-state index in [2.05, 4.69) is 6.92 Å². The summed E-state index contributed by atoms with van der Waals surface area (Å²) < 4.78 is 10.1. The SMILES string of the molecule is CCCCc1c(OC(=O)O)cccc1-c1ccccc1C(=O)OCC. The van der Waals surface area contributed by atoms with Gasteiger partial charge in [0.2, 0.25) is 0 Å². The molecule has 0 spiro atoms. The van der Waals surface area contributed by atoms with Crippen LogP contribution in [0.25, 0.3) is 11.1 Å². The Bertz CT molecular complexity index is 752. The summed E-state index contributed by atoms with van der Waals surface area (Å²) in [7, 11) is 0. The van der Waals surface area contributed by atoms with E-state index in [0.29, 0.717) is 23.3 Å². The number of rotatable bonds is 7. The molecular weight excluding hydrogens is 320 g/mol. The summed E-state index contributed by atoms with van der Waals surface area (Å²) in [5.74, 6) is -0.0961. The van der Waals surface area contributed by atoms with E-state index in [4.69, 9.17) is 14.6 Å². The third-order valence-electron chi connectivity index (χ3n) is 3.82. The third kappa shape index (κ3) is 4.59. The quantitative estimate of drug-likeness (QED) is 0.570. The molecule has 0 saturated heterocycles. The van der Waals surface area contributed by atoms with Crippen LogP contribution in [-0.2, 0) is 11.2 Å². The summed E-state index contributed by atoms with van der Waals surface area (Å²) in [6.07, 6.45) is 1.15. The molecule has 0 radical (unpaired) electrons. The molecule has 0 saturated carbocycles. The predicted molar refractivity (Wildman–Crippen MR) is 95.1 cm³/mol. The minimum atomic E-state index is -1.35. The van der Waals surface area contributed by atoms with Crippen molar-refractivity contribution in [1.82, 2.24) is 0 Å². The molecule has 2 rings (SSSR count). The molecule has 0 aromatic heterocycles. The van der Waals surface area contributed by atoms with Gasteiger partial charge in [-0.3, -0.25) is 0 Å². The van der Waals surface area contributed by atoms with Crippen LogP contribution in [0.3, 0.4) is 0 Å². The number of hydrogen-bond acceptors (Lipinski definition) is 4. The van der Waals surface area contributed by atoms with Crippen LogP contribution in [0.4, 0.5) is 4.79 Å². The van der Waals surface area contributed by atoms with Gasteiger partial charge in [-0.05, 0) is 43.0 Å². The normalized spacial score (nSPS) is 10.3. The van der Waals surface area contributed by atoms with Gasteiger partial charge >= 0.3 is 12.1 Å². The van der Waals surface area contributed by atoms with Crippen LogP contribution in [0.1, 0.15) is 42.6 Å². The van der Waals surface area contributed by atoms with Gasteiger partial charge in [-0.15, -0.1) is 0 Å². The Balaban J connectivity index is 2.58. The van der Waals surface area contributed by atoms with Gasteiger partial charge < -0.3 is 14.6 Å². The van der Waals surface area contributed by atoms with Crippen molar-refractivity contribution in [2.75, 3.05) is 6.61 Å². The number of carbonyl (C=O) groups excluding carboxylic acids is 1. The van der Waals surface area contributed by atoms with Crippen LogP contribution in [-0.4, -0.2) is 23.8 Å². The maximum atomic E-state index is 12.3. The minimum Gasteiger partial charge on any atom is -0.462 e. The maximum Gasteiger partial charge on any atom is 0.511 e. The average Bonchev–Trinajstić information content (AvgIpc) is 2.60. The van der Waals surface area contributed by atoms with Gasteiger partial charge in [0.25, 0.3) is 0 Å². The Kier molecular flexibility index (Phi) is 6.57. The second-order valence-corrected chi connectivity index (χ2v) is 5.52. The zero-order valence-corrected chi connectivity index (χ0v) is 14.5. The predicted octanol–water partition coefficient (Wildman–Crippen LogP) is 4.93. The smallest absolute Gasteiger partial charge is 0.462 e. The molecule has 2 aromatic rings. The highest BCUT2D eigenvalue weighted by molar-refractivity contribution is 5.98. The van der Waals surface area contributed by atoms with Crippen molar-refractivity contribution < 1.29 is 24.2 Å². The molecule has 1 N–H and O–H groups in total. The highest BCUT2D eigenvalue weighted by atomic mass is 16.7. The maximum absolute atomic E-state index is 12.3. The van der Waals surface area contributed by atoms with Gasteiger partial charge in [-0.1, -0.05) is 43.7 Å². The van der Waals surface area contributed by atoms with E-state index in [9.17, 15) is 9.59 Å². The lowest BCUT2D eigenvalue weighted by Crippen LogP contribution is -2.09.